The van der Waals surface area contributed by atoms with E-state index in [1.54, 1.807) is 0 Å². The zero-order chi connectivity index (χ0) is 13.5. The van der Waals surface area contributed by atoms with Crippen LogP contribution in [0.15, 0.2) is 18.2 Å². The Morgan fingerprint density at radius 1 is 1.33 bits per heavy atom. The Morgan fingerprint density at radius 3 is 2.67 bits per heavy atom. The van der Waals surface area contributed by atoms with Crippen LogP contribution in [0, 0.1) is 6.92 Å². The van der Waals surface area contributed by atoms with E-state index in [2.05, 4.69) is 5.32 Å². The fourth-order valence-electron chi connectivity index (χ4n) is 1.75. The minimum atomic E-state index is -0.255. The molecule has 0 fully saturated rings. The van der Waals surface area contributed by atoms with Crippen molar-refractivity contribution in [1.29, 1.82) is 0 Å². The molecule has 18 heavy (non-hydrogen) atoms. The molecule has 0 unspecified atom stereocenters. The summed E-state index contributed by atoms with van der Waals surface area (Å²) in [6.07, 6.45) is 2.10. The summed E-state index contributed by atoms with van der Waals surface area (Å²) in [5.74, 6) is -0.255. The quantitative estimate of drug-likeness (QED) is 0.518. The van der Waals surface area contributed by atoms with Gasteiger partial charge in [0.2, 0.25) is 5.91 Å². The molecule has 1 rings (SSSR count). The number of anilines is 1. The van der Waals surface area contributed by atoms with Crippen molar-refractivity contribution in [3.8, 4) is 0 Å². The van der Waals surface area contributed by atoms with Gasteiger partial charge in [0.15, 0.2) is 0 Å². The molecule has 0 spiro atoms. The van der Waals surface area contributed by atoms with Crippen molar-refractivity contribution in [1.82, 2.24) is 0 Å². The van der Waals surface area contributed by atoms with Crippen LogP contribution in [0.2, 0.25) is 0 Å². The number of benzene rings is 1. The first-order chi connectivity index (χ1) is 8.52. The largest absolute Gasteiger partial charge is 0.389 e. The second-order valence-corrected chi connectivity index (χ2v) is 4.65. The van der Waals surface area contributed by atoms with Crippen LogP contribution in [0.4, 0.5) is 5.69 Å². The van der Waals surface area contributed by atoms with Gasteiger partial charge in [0.1, 0.15) is 4.99 Å². The van der Waals surface area contributed by atoms with E-state index in [1.165, 1.54) is 0 Å². The molecule has 5 N–H and O–H groups in total. The van der Waals surface area contributed by atoms with E-state index in [1.807, 2.05) is 25.1 Å². The maximum Gasteiger partial charge on any atom is 0.217 e. The highest BCUT2D eigenvalue weighted by Gasteiger charge is 2.06. The summed E-state index contributed by atoms with van der Waals surface area (Å²) in [7, 11) is 0. The summed E-state index contributed by atoms with van der Waals surface area (Å²) in [5, 5.41) is 3.32. The van der Waals surface area contributed by atoms with Gasteiger partial charge in [-0.25, -0.2) is 0 Å². The standard InChI is InChI=1S/C13H19N3OS/c1-9-5-4-6-10(13(15)18)12(9)16-8-3-2-7-11(14)17/h4-6,16H,2-3,7-8H2,1H3,(H2,14,17)(H2,15,18). The topological polar surface area (TPSA) is 81.1 Å². The number of amides is 1. The van der Waals surface area contributed by atoms with Crippen LogP contribution >= 0.6 is 12.2 Å². The highest BCUT2D eigenvalue weighted by molar-refractivity contribution is 7.80. The number of primary amides is 1. The Morgan fingerprint density at radius 2 is 2.06 bits per heavy atom. The second kappa shape index (κ2) is 6.96. The lowest BCUT2D eigenvalue weighted by molar-refractivity contribution is -0.118. The Bertz CT molecular complexity index is 446. The number of hydrogen-bond donors (Lipinski definition) is 3. The van der Waals surface area contributed by atoms with E-state index in [0.29, 0.717) is 11.4 Å². The molecular weight excluding hydrogens is 246 g/mol. The third kappa shape index (κ3) is 4.33. The molecule has 1 aromatic carbocycles. The van der Waals surface area contributed by atoms with E-state index >= 15 is 0 Å². The number of carbonyl (C=O) groups is 1. The van der Waals surface area contributed by atoms with Crippen molar-refractivity contribution >= 4 is 28.8 Å². The number of para-hydroxylation sites is 1. The minimum Gasteiger partial charge on any atom is -0.389 e. The summed E-state index contributed by atoms with van der Waals surface area (Å²) in [4.78, 5) is 11.0. The number of thiocarbonyl (C=S) groups is 1. The van der Waals surface area contributed by atoms with Crippen LogP contribution in [-0.2, 0) is 4.79 Å². The van der Waals surface area contributed by atoms with Crippen molar-refractivity contribution in [3.05, 3.63) is 29.3 Å². The number of carbonyl (C=O) groups excluding carboxylic acids is 1. The predicted octanol–water partition coefficient (Wildman–Crippen LogP) is 1.70. The van der Waals surface area contributed by atoms with Gasteiger partial charge in [-0.05, 0) is 31.4 Å². The van der Waals surface area contributed by atoms with E-state index in [-0.39, 0.29) is 5.91 Å². The van der Waals surface area contributed by atoms with Crippen molar-refractivity contribution in [2.75, 3.05) is 11.9 Å². The average molecular weight is 265 g/mol. The zero-order valence-electron chi connectivity index (χ0n) is 10.5. The number of nitrogens with one attached hydrogen (secondary N) is 1. The van der Waals surface area contributed by atoms with Gasteiger partial charge in [-0.2, -0.15) is 0 Å². The van der Waals surface area contributed by atoms with Gasteiger partial charge in [-0.3, -0.25) is 4.79 Å². The third-order valence-electron chi connectivity index (χ3n) is 2.69. The van der Waals surface area contributed by atoms with Gasteiger partial charge in [0, 0.05) is 24.2 Å². The fourth-order valence-corrected chi connectivity index (χ4v) is 1.92. The van der Waals surface area contributed by atoms with Crippen molar-refractivity contribution in [3.63, 3.8) is 0 Å². The minimum absolute atomic E-state index is 0.255. The van der Waals surface area contributed by atoms with E-state index in [0.717, 1.165) is 36.2 Å². The molecule has 1 aromatic rings. The van der Waals surface area contributed by atoms with E-state index in [9.17, 15) is 4.79 Å². The van der Waals surface area contributed by atoms with Crippen LogP contribution in [0.3, 0.4) is 0 Å². The van der Waals surface area contributed by atoms with E-state index in [4.69, 9.17) is 23.7 Å². The van der Waals surface area contributed by atoms with E-state index < -0.39 is 0 Å². The monoisotopic (exact) mass is 265 g/mol. The maximum atomic E-state index is 10.6. The number of hydrogen-bond acceptors (Lipinski definition) is 3. The molecule has 0 bridgehead atoms. The Kier molecular flexibility index (Phi) is 5.58. The lowest BCUT2D eigenvalue weighted by Gasteiger charge is -2.13. The Hall–Kier alpha value is -1.62. The number of nitrogens with two attached hydrogens (primary N) is 2. The molecule has 1 amide bonds. The summed E-state index contributed by atoms with van der Waals surface area (Å²) in [6, 6.07) is 5.84. The zero-order valence-corrected chi connectivity index (χ0v) is 11.3. The average Bonchev–Trinajstić information content (AvgIpc) is 2.29. The maximum absolute atomic E-state index is 10.6. The number of rotatable bonds is 7. The van der Waals surface area contributed by atoms with Gasteiger partial charge in [0.05, 0.1) is 0 Å². The van der Waals surface area contributed by atoms with Gasteiger partial charge < -0.3 is 16.8 Å². The third-order valence-corrected chi connectivity index (χ3v) is 2.91. The lowest BCUT2D eigenvalue weighted by atomic mass is 10.1. The van der Waals surface area contributed by atoms with Crippen molar-refractivity contribution in [2.45, 2.75) is 26.2 Å². The number of aryl methyl sites for hydroxylation is 1. The summed E-state index contributed by atoms with van der Waals surface area (Å²) >= 11 is 5.02. The van der Waals surface area contributed by atoms with Crippen molar-refractivity contribution in [2.24, 2.45) is 11.5 Å². The molecule has 5 heteroatoms. The first-order valence-corrected chi connectivity index (χ1v) is 6.34. The molecule has 0 radical (unpaired) electrons. The number of unbranched alkanes of at least 4 members (excludes halogenated alkanes) is 1. The van der Waals surface area contributed by atoms with Gasteiger partial charge >= 0.3 is 0 Å². The fraction of sp³-hybridized carbons (Fsp3) is 0.385. The molecule has 0 aliphatic carbocycles. The molecule has 4 nitrogen and oxygen atoms in total. The first kappa shape index (κ1) is 14.4. The molecule has 0 aliphatic rings. The highest BCUT2D eigenvalue weighted by Crippen LogP contribution is 2.20. The molecule has 0 aromatic heterocycles. The van der Waals surface area contributed by atoms with Crippen LogP contribution in [-0.4, -0.2) is 17.4 Å². The van der Waals surface area contributed by atoms with Crippen LogP contribution < -0.4 is 16.8 Å². The van der Waals surface area contributed by atoms with Gasteiger partial charge in [0.25, 0.3) is 0 Å². The van der Waals surface area contributed by atoms with Crippen molar-refractivity contribution < 1.29 is 4.79 Å². The summed E-state index contributed by atoms with van der Waals surface area (Å²) in [5.41, 5.74) is 13.7. The molecule has 98 valence electrons. The first-order valence-electron chi connectivity index (χ1n) is 5.94. The highest BCUT2D eigenvalue weighted by atomic mass is 32.1. The molecule has 0 saturated carbocycles. The van der Waals surface area contributed by atoms with Crippen LogP contribution in [0.5, 0.6) is 0 Å². The smallest absolute Gasteiger partial charge is 0.217 e. The van der Waals surface area contributed by atoms with Gasteiger partial charge in [-0.15, -0.1) is 0 Å². The summed E-state index contributed by atoms with van der Waals surface area (Å²) in [6.45, 7) is 2.78. The second-order valence-electron chi connectivity index (χ2n) is 4.21. The molecule has 0 aliphatic heterocycles. The normalized spacial score (nSPS) is 10.1. The summed E-state index contributed by atoms with van der Waals surface area (Å²) < 4.78 is 0. The lowest BCUT2D eigenvalue weighted by Crippen LogP contribution is -2.15. The van der Waals surface area contributed by atoms with Gasteiger partial charge in [-0.1, -0.05) is 24.4 Å². The SMILES string of the molecule is Cc1cccc(C(N)=S)c1NCCCCC(N)=O. The van der Waals surface area contributed by atoms with Crippen LogP contribution in [0.25, 0.3) is 0 Å². The molecular formula is C13H19N3OS. The molecule has 0 atom stereocenters. The Balaban J connectivity index is 2.56. The molecule has 0 heterocycles. The predicted molar refractivity (Wildman–Crippen MR) is 78.6 cm³/mol. The molecule has 0 saturated heterocycles. The van der Waals surface area contributed by atoms with Crippen LogP contribution in [0.1, 0.15) is 30.4 Å². The Labute approximate surface area is 113 Å².